The number of hydrogen-bond donors (Lipinski definition) is 1. The molecule has 0 aliphatic heterocycles. The summed E-state index contributed by atoms with van der Waals surface area (Å²) in [4.78, 5) is 12.2. The largest absolute Gasteiger partial charge is 0.497 e. The first kappa shape index (κ1) is 20.9. The zero-order valence-electron chi connectivity index (χ0n) is 17.0. The van der Waals surface area contributed by atoms with Gasteiger partial charge in [0.25, 0.3) is 0 Å². The molecule has 0 unspecified atom stereocenters. The molecule has 0 aliphatic carbocycles. The fourth-order valence-corrected chi connectivity index (χ4v) is 3.62. The third kappa shape index (κ3) is 5.84. The Balaban J connectivity index is 1.48. The molecule has 0 aliphatic rings. The van der Waals surface area contributed by atoms with Gasteiger partial charge in [-0.3, -0.25) is 9.36 Å². The molecule has 0 spiro atoms. The third-order valence-electron chi connectivity index (χ3n) is 4.56. The monoisotopic (exact) mass is 410 g/mol. The molecule has 6 nitrogen and oxygen atoms in total. The number of ether oxygens (including phenoxy) is 1. The summed E-state index contributed by atoms with van der Waals surface area (Å²) in [5.41, 5.74) is 3.44. The van der Waals surface area contributed by atoms with Gasteiger partial charge >= 0.3 is 0 Å². The van der Waals surface area contributed by atoms with Crippen LogP contribution in [-0.2, 0) is 11.2 Å². The average Bonchev–Trinajstić information content (AvgIpc) is 3.21. The van der Waals surface area contributed by atoms with E-state index in [9.17, 15) is 4.79 Å². The second-order valence-corrected chi connectivity index (χ2v) is 7.91. The summed E-state index contributed by atoms with van der Waals surface area (Å²) in [5.74, 6) is 1.55. The van der Waals surface area contributed by atoms with Crippen LogP contribution in [0.3, 0.4) is 0 Å². The van der Waals surface area contributed by atoms with Crippen molar-refractivity contribution in [3.63, 3.8) is 0 Å². The molecule has 1 aromatic heterocycles. The first-order valence-corrected chi connectivity index (χ1v) is 10.6. The van der Waals surface area contributed by atoms with Gasteiger partial charge in [-0.05, 0) is 35.6 Å². The number of thioether (sulfide) groups is 1. The van der Waals surface area contributed by atoms with E-state index in [1.54, 1.807) is 13.4 Å². The molecule has 0 saturated carbocycles. The topological polar surface area (TPSA) is 69.0 Å². The molecule has 1 N–H and O–H groups in total. The second kappa shape index (κ2) is 10.1. The number of amides is 1. The van der Waals surface area contributed by atoms with Gasteiger partial charge in [-0.2, -0.15) is 0 Å². The zero-order chi connectivity index (χ0) is 20.6. The number of carbonyl (C=O) groups excluding carboxylic acids is 1. The predicted octanol–water partition coefficient (Wildman–Crippen LogP) is 3.85. The first-order chi connectivity index (χ1) is 14.1. The Morgan fingerprint density at radius 1 is 1.21 bits per heavy atom. The van der Waals surface area contributed by atoms with Crippen LogP contribution >= 0.6 is 11.8 Å². The molecule has 0 bridgehead atoms. The standard InChI is InChI=1S/C22H26N4O2S/c1-16(2)18-9-7-17(8-10-18)11-12-23-21(27)14-29-22-25-24-15-26(22)19-5-4-6-20(13-19)28-3/h4-10,13,15-16H,11-12,14H2,1-3H3,(H,23,27). The summed E-state index contributed by atoms with van der Waals surface area (Å²) in [6.45, 7) is 4.98. The normalized spacial score (nSPS) is 10.9. The van der Waals surface area contributed by atoms with E-state index < -0.39 is 0 Å². The van der Waals surface area contributed by atoms with Gasteiger partial charge in [0.2, 0.25) is 5.91 Å². The van der Waals surface area contributed by atoms with Crippen molar-refractivity contribution in [2.45, 2.75) is 31.3 Å². The molecular weight excluding hydrogens is 384 g/mol. The second-order valence-electron chi connectivity index (χ2n) is 6.97. The van der Waals surface area contributed by atoms with Crippen LogP contribution in [0.4, 0.5) is 0 Å². The van der Waals surface area contributed by atoms with Gasteiger partial charge in [-0.15, -0.1) is 10.2 Å². The lowest BCUT2D eigenvalue weighted by atomic mass is 10.0. The van der Waals surface area contributed by atoms with E-state index in [1.165, 1.54) is 22.9 Å². The molecule has 0 saturated heterocycles. The Morgan fingerprint density at radius 3 is 2.72 bits per heavy atom. The van der Waals surface area contributed by atoms with Gasteiger partial charge in [0.15, 0.2) is 5.16 Å². The van der Waals surface area contributed by atoms with Crippen LogP contribution in [0.1, 0.15) is 30.9 Å². The number of nitrogens with one attached hydrogen (secondary N) is 1. The lowest BCUT2D eigenvalue weighted by Crippen LogP contribution is -2.27. The van der Waals surface area contributed by atoms with E-state index in [-0.39, 0.29) is 11.7 Å². The van der Waals surface area contributed by atoms with E-state index in [0.717, 1.165) is 17.9 Å². The van der Waals surface area contributed by atoms with Crippen molar-refractivity contribution < 1.29 is 9.53 Å². The minimum Gasteiger partial charge on any atom is -0.497 e. The number of methoxy groups -OCH3 is 1. The maximum absolute atomic E-state index is 12.2. The highest BCUT2D eigenvalue weighted by Crippen LogP contribution is 2.22. The van der Waals surface area contributed by atoms with Crippen LogP contribution < -0.4 is 10.1 Å². The fraction of sp³-hybridized carbons (Fsp3) is 0.318. The van der Waals surface area contributed by atoms with Crippen molar-refractivity contribution in [2.75, 3.05) is 19.4 Å². The van der Waals surface area contributed by atoms with E-state index in [2.05, 4.69) is 53.6 Å². The van der Waals surface area contributed by atoms with Gasteiger partial charge < -0.3 is 10.1 Å². The van der Waals surface area contributed by atoms with Gasteiger partial charge in [-0.1, -0.05) is 55.9 Å². The van der Waals surface area contributed by atoms with Crippen molar-refractivity contribution in [3.05, 3.63) is 66.0 Å². The van der Waals surface area contributed by atoms with Gasteiger partial charge in [0.05, 0.1) is 18.6 Å². The van der Waals surface area contributed by atoms with Crippen LogP contribution in [0.25, 0.3) is 5.69 Å². The van der Waals surface area contributed by atoms with Crippen LogP contribution in [0, 0.1) is 0 Å². The lowest BCUT2D eigenvalue weighted by Gasteiger charge is -2.09. The molecule has 3 rings (SSSR count). The van der Waals surface area contributed by atoms with E-state index >= 15 is 0 Å². The van der Waals surface area contributed by atoms with Crippen molar-refractivity contribution in [1.29, 1.82) is 0 Å². The van der Waals surface area contributed by atoms with Crippen molar-refractivity contribution in [1.82, 2.24) is 20.1 Å². The minimum absolute atomic E-state index is 0.0195. The van der Waals surface area contributed by atoms with E-state index in [0.29, 0.717) is 17.6 Å². The summed E-state index contributed by atoms with van der Waals surface area (Å²) in [7, 11) is 1.63. The number of hydrogen-bond acceptors (Lipinski definition) is 5. The zero-order valence-corrected chi connectivity index (χ0v) is 17.8. The maximum atomic E-state index is 12.2. The highest BCUT2D eigenvalue weighted by Gasteiger charge is 2.10. The SMILES string of the molecule is COc1cccc(-n2cnnc2SCC(=O)NCCc2ccc(C(C)C)cc2)c1. The quantitative estimate of drug-likeness (QED) is 0.543. The summed E-state index contributed by atoms with van der Waals surface area (Å²) < 4.78 is 7.11. The molecule has 0 radical (unpaired) electrons. The van der Waals surface area contributed by atoms with E-state index in [4.69, 9.17) is 4.74 Å². The molecule has 29 heavy (non-hydrogen) atoms. The Morgan fingerprint density at radius 2 is 2.00 bits per heavy atom. The number of rotatable bonds is 9. The molecule has 2 aromatic carbocycles. The van der Waals surface area contributed by atoms with Crippen LogP contribution in [-0.4, -0.2) is 40.1 Å². The maximum Gasteiger partial charge on any atom is 0.230 e. The molecule has 152 valence electrons. The summed E-state index contributed by atoms with van der Waals surface area (Å²) >= 11 is 1.36. The van der Waals surface area contributed by atoms with Crippen LogP contribution in [0.5, 0.6) is 5.75 Å². The summed E-state index contributed by atoms with van der Waals surface area (Å²) in [6, 6.07) is 16.2. The summed E-state index contributed by atoms with van der Waals surface area (Å²) in [6.07, 6.45) is 2.45. The number of aromatic nitrogens is 3. The highest BCUT2D eigenvalue weighted by atomic mass is 32.2. The molecule has 1 heterocycles. The average molecular weight is 411 g/mol. The molecule has 1 amide bonds. The molecule has 0 fully saturated rings. The van der Waals surface area contributed by atoms with Crippen LogP contribution in [0.15, 0.2) is 60.0 Å². The Hall–Kier alpha value is -2.80. The van der Waals surface area contributed by atoms with Crippen molar-refractivity contribution >= 4 is 17.7 Å². The Labute approximate surface area is 175 Å². The van der Waals surface area contributed by atoms with Crippen molar-refractivity contribution in [3.8, 4) is 11.4 Å². The lowest BCUT2D eigenvalue weighted by molar-refractivity contribution is -0.118. The van der Waals surface area contributed by atoms with Crippen molar-refractivity contribution in [2.24, 2.45) is 0 Å². The fourth-order valence-electron chi connectivity index (χ4n) is 2.86. The Bertz CT molecular complexity index is 938. The molecule has 0 atom stereocenters. The molecule has 7 heteroatoms. The molecular formula is C22H26N4O2S. The van der Waals surface area contributed by atoms with E-state index in [1.807, 2.05) is 28.8 Å². The van der Waals surface area contributed by atoms with Crippen LogP contribution in [0.2, 0.25) is 0 Å². The summed E-state index contributed by atoms with van der Waals surface area (Å²) in [5, 5.41) is 11.7. The first-order valence-electron chi connectivity index (χ1n) is 9.59. The van der Waals surface area contributed by atoms with Gasteiger partial charge in [0, 0.05) is 12.6 Å². The van der Waals surface area contributed by atoms with Gasteiger partial charge in [-0.25, -0.2) is 0 Å². The third-order valence-corrected chi connectivity index (χ3v) is 5.51. The number of benzene rings is 2. The highest BCUT2D eigenvalue weighted by molar-refractivity contribution is 7.99. The predicted molar refractivity (Wildman–Crippen MR) is 116 cm³/mol. The minimum atomic E-state index is -0.0195. The Kier molecular flexibility index (Phi) is 7.30. The molecule has 3 aromatic rings. The van der Waals surface area contributed by atoms with Gasteiger partial charge in [0.1, 0.15) is 12.1 Å². The smallest absolute Gasteiger partial charge is 0.230 e. The number of nitrogens with zero attached hydrogens (tertiary/aromatic N) is 3. The number of carbonyl (C=O) groups is 1.